The number of carbonyl (C=O) groups excluding carboxylic acids is 1. The second-order valence-electron chi connectivity index (χ2n) is 6.15. The molecular formula is C18H28N2O3. The number of anilines is 2. The molecule has 1 fully saturated rings. The van der Waals surface area contributed by atoms with Crippen molar-refractivity contribution in [2.45, 2.75) is 44.6 Å². The van der Waals surface area contributed by atoms with Crippen LogP contribution in [0, 0.1) is 0 Å². The smallest absolute Gasteiger partial charge is 0.306 e. The van der Waals surface area contributed by atoms with E-state index in [2.05, 4.69) is 24.0 Å². The fraction of sp³-hybridized carbons (Fsp3) is 0.611. The van der Waals surface area contributed by atoms with Crippen LogP contribution < -0.4 is 10.6 Å². The molecule has 5 nitrogen and oxygen atoms in total. The SMILES string of the molecule is CCC(CC(=O)OC)c1ccc(N2CCC[C@@H]2COC)c(N)c1. The predicted octanol–water partition coefficient (Wildman–Crippen LogP) is 2.94. The first-order chi connectivity index (χ1) is 11.1. The maximum Gasteiger partial charge on any atom is 0.306 e. The normalized spacial score (nSPS) is 18.9. The lowest BCUT2D eigenvalue weighted by atomic mass is 9.92. The first-order valence-electron chi connectivity index (χ1n) is 8.32. The van der Waals surface area contributed by atoms with Gasteiger partial charge in [0.2, 0.25) is 0 Å². The van der Waals surface area contributed by atoms with Gasteiger partial charge in [-0.1, -0.05) is 13.0 Å². The molecule has 0 saturated carbocycles. The highest BCUT2D eigenvalue weighted by Crippen LogP contribution is 2.34. The van der Waals surface area contributed by atoms with Gasteiger partial charge in [-0.25, -0.2) is 0 Å². The van der Waals surface area contributed by atoms with Crippen LogP contribution in [0.5, 0.6) is 0 Å². The van der Waals surface area contributed by atoms with Crippen LogP contribution in [0.2, 0.25) is 0 Å². The molecule has 128 valence electrons. The van der Waals surface area contributed by atoms with E-state index in [-0.39, 0.29) is 11.9 Å². The number of benzene rings is 1. The minimum Gasteiger partial charge on any atom is -0.469 e. The van der Waals surface area contributed by atoms with E-state index in [0.717, 1.165) is 49.4 Å². The average Bonchev–Trinajstić information content (AvgIpc) is 3.00. The van der Waals surface area contributed by atoms with Crippen molar-refractivity contribution < 1.29 is 14.3 Å². The van der Waals surface area contributed by atoms with Gasteiger partial charge in [0, 0.05) is 13.7 Å². The van der Waals surface area contributed by atoms with Gasteiger partial charge >= 0.3 is 5.97 Å². The highest BCUT2D eigenvalue weighted by atomic mass is 16.5. The maximum absolute atomic E-state index is 11.6. The van der Waals surface area contributed by atoms with Crippen molar-refractivity contribution in [2.24, 2.45) is 0 Å². The van der Waals surface area contributed by atoms with Crippen LogP contribution in [0.15, 0.2) is 18.2 Å². The Labute approximate surface area is 138 Å². The highest BCUT2D eigenvalue weighted by Gasteiger charge is 2.26. The van der Waals surface area contributed by atoms with Crippen molar-refractivity contribution in [3.05, 3.63) is 23.8 Å². The third kappa shape index (κ3) is 4.16. The van der Waals surface area contributed by atoms with Crippen LogP contribution in [0.3, 0.4) is 0 Å². The van der Waals surface area contributed by atoms with Gasteiger partial charge in [0.1, 0.15) is 0 Å². The lowest BCUT2D eigenvalue weighted by Crippen LogP contribution is -2.33. The second kappa shape index (κ2) is 8.20. The van der Waals surface area contributed by atoms with E-state index in [1.807, 2.05) is 6.07 Å². The molecule has 1 aromatic carbocycles. The molecule has 1 unspecified atom stereocenters. The van der Waals surface area contributed by atoms with E-state index in [0.29, 0.717) is 12.5 Å². The van der Waals surface area contributed by atoms with Crippen LogP contribution in [0.25, 0.3) is 0 Å². The molecule has 1 heterocycles. The first-order valence-corrected chi connectivity index (χ1v) is 8.32. The summed E-state index contributed by atoms with van der Waals surface area (Å²) in [7, 11) is 3.16. The van der Waals surface area contributed by atoms with Gasteiger partial charge in [-0.3, -0.25) is 4.79 Å². The van der Waals surface area contributed by atoms with Crippen LogP contribution in [-0.4, -0.2) is 39.4 Å². The molecule has 0 radical (unpaired) electrons. The summed E-state index contributed by atoms with van der Waals surface area (Å²) in [6.45, 7) is 3.81. The summed E-state index contributed by atoms with van der Waals surface area (Å²) in [6.07, 6.45) is 3.57. The summed E-state index contributed by atoms with van der Waals surface area (Å²) in [5, 5.41) is 0. The molecule has 0 aliphatic carbocycles. The van der Waals surface area contributed by atoms with E-state index in [4.69, 9.17) is 15.2 Å². The zero-order valence-corrected chi connectivity index (χ0v) is 14.4. The minimum absolute atomic E-state index is 0.146. The maximum atomic E-state index is 11.6. The Balaban J connectivity index is 2.18. The monoisotopic (exact) mass is 320 g/mol. The topological polar surface area (TPSA) is 64.8 Å². The molecule has 1 aliphatic rings. The summed E-state index contributed by atoms with van der Waals surface area (Å²) < 4.78 is 10.1. The number of esters is 1. The van der Waals surface area contributed by atoms with Crippen molar-refractivity contribution >= 4 is 17.3 Å². The van der Waals surface area contributed by atoms with Crippen molar-refractivity contribution in [1.82, 2.24) is 0 Å². The minimum atomic E-state index is -0.181. The van der Waals surface area contributed by atoms with Crippen molar-refractivity contribution in [3.8, 4) is 0 Å². The number of nitrogens with zero attached hydrogens (tertiary/aromatic N) is 1. The molecule has 2 rings (SSSR count). The van der Waals surface area contributed by atoms with E-state index >= 15 is 0 Å². The molecule has 0 aromatic heterocycles. The fourth-order valence-electron chi connectivity index (χ4n) is 3.39. The molecule has 5 heteroatoms. The van der Waals surface area contributed by atoms with Gasteiger partial charge in [0.05, 0.1) is 37.6 Å². The lowest BCUT2D eigenvalue weighted by molar-refractivity contribution is -0.141. The molecular weight excluding hydrogens is 292 g/mol. The number of hydrogen-bond donors (Lipinski definition) is 1. The van der Waals surface area contributed by atoms with E-state index in [1.165, 1.54) is 7.11 Å². The Morgan fingerprint density at radius 1 is 1.43 bits per heavy atom. The number of nitrogen functional groups attached to an aromatic ring is 1. The molecule has 2 N–H and O–H groups in total. The molecule has 23 heavy (non-hydrogen) atoms. The lowest BCUT2D eigenvalue weighted by Gasteiger charge is -2.28. The predicted molar refractivity (Wildman–Crippen MR) is 92.8 cm³/mol. The van der Waals surface area contributed by atoms with Gasteiger partial charge in [-0.15, -0.1) is 0 Å². The standard InChI is InChI=1S/C18H28N2O3/c1-4-13(11-18(21)23-3)14-7-8-17(16(19)10-14)20-9-5-6-15(20)12-22-2/h7-8,10,13,15H,4-6,9,11-12,19H2,1-3H3/t13?,15-/m1/s1. The fourth-order valence-corrected chi connectivity index (χ4v) is 3.39. The van der Waals surface area contributed by atoms with Gasteiger partial charge < -0.3 is 20.1 Å². The molecule has 0 bridgehead atoms. The zero-order chi connectivity index (χ0) is 16.8. The molecule has 0 amide bonds. The Bertz CT molecular complexity index is 533. The quantitative estimate of drug-likeness (QED) is 0.618. The van der Waals surface area contributed by atoms with Crippen LogP contribution in [0.4, 0.5) is 11.4 Å². The van der Waals surface area contributed by atoms with Crippen LogP contribution in [-0.2, 0) is 14.3 Å². The largest absolute Gasteiger partial charge is 0.469 e. The molecule has 1 aliphatic heterocycles. The van der Waals surface area contributed by atoms with E-state index in [9.17, 15) is 4.79 Å². The number of nitrogens with two attached hydrogens (primary N) is 1. The number of methoxy groups -OCH3 is 2. The Morgan fingerprint density at radius 3 is 2.83 bits per heavy atom. The third-order valence-corrected chi connectivity index (χ3v) is 4.70. The van der Waals surface area contributed by atoms with E-state index in [1.54, 1.807) is 7.11 Å². The number of ether oxygens (including phenoxy) is 2. The molecule has 1 aromatic rings. The summed E-state index contributed by atoms with van der Waals surface area (Å²) in [5.41, 5.74) is 9.26. The van der Waals surface area contributed by atoms with Crippen molar-refractivity contribution in [2.75, 3.05) is 38.0 Å². The number of rotatable bonds is 7. The summed E-state index contributed by atoms with van der Waals surface area (Å²) >= 11 is 0. The van der Waals surface area contributed by atoms with E-state index < -0.39 is 0 Å². The third-order valence-electron chi connectivity index (χ3n) is 4.70. The number of hydrogen-bond acceptors (Lipinski definition) is 5. The highest BCUT2D eigenvalue weighted by molar-refractivity contribution is 5.72. The van der Waals surface area contributed by atoms with Gasteiger partial charge in [0.25, 0.3) is 0 Å². The van der Waals surface area contributed by atoms with Crippen molar-refractivity contribution in [3.63, 3.8) is 0 Å². The molecule has 2 atom stereocenters. The first kappa shape index (κ1) is 17.6. The van der Waals surface area contributed by atoms with Gasteiger partial charge in [0.15, 0.2) is 0 Å². The Kier molecular flexibility index (Phi) is 6.28. The Hall–Kier alpha value is -1.75. The van der Waals surface area contributed by atoms with Gasteiger partial charge in [-0.05, 0) is 42.9 Å². The summed E-state index contributed by atoms with van der Waals surface area (Å²) in [5.74, 6) is -0.0358. The van der Waals surface area contributed by atoms with Gasteiger partial charge in [-0.2, -0.15) is 0 Å². The summed E-state index contributed by atoms with van der Waals surface area (Å²) in [6, 6.07) is 6.57. The van der Waals surface area contributed by atoms with Crippen LogP contribution in [0.1, 0.15) is 44.1 Å². The average molecular weight is 320 g/mol. The second-order valence-corrected chi connectivity index (χ2v) is 6.15. The molecule has 1 saturated heterocycles. The number of carbonyl (C=O) groups is 1. The summed E-state index contributed by atoms with van der Waals surface area (Å²) in [4.78, 5) is 13.9. The zero-order valence-electron chi connectivity index (χ0n) is 14.4. The van der Waals surface area contributed by atoms with Crippen molar-refractivity contribution in [1.29, 1.82) is 0 Å². The van der Waals surface area contributed by atoms with Crippen LogP contribution >= 0.6 is 0 Å². The Morgan fingerprint density at radius 2 is 2.22 bits per heavy atom. The molecule has 0 spiro atoms.